The van der Waals surface area contributed by atoms with Crippen molar-refractivity contribution in [3.63, 3.8) is 0 Å². The molecule has 31 heavy (non-hydrogen) atoms. The molecule has 0 saturated heterocycles. The van der Waals surface area contributed by atoms with Crippen LogP contribution in [0.2, 0.25) is 0 Å². The molecule has 0 fully saturated rings. The normalized spacial score (nSPS) is 11.2. The molecule has 0 aromatic heterocycles. The second-order valence-electron chi connectivity index (χ2n) is 6.23. The molecule has 0 aliphatic heterocycles. The van der Waals surface area contributed by atoms with E-state index in [9.17, 15) is 20.0 Å². The Labute approximate surface area is 177 Å². The van der Waals surface area contributed by atoms with Crippen LogP contribution in [0.1, 0.15) is 15.9 Å². The number of anilines is 2. The van der Waals surface area contributed by atoms with Crippen LogP contribution in [0.4, 0.5) is 17.1 Å². The van der Waals surface area contributed by atoms with Crippen LogP contribution < -0.4 is 21.4 Å². The minimum Gasteiger partial charge on any atom is -0.871 e. The van der Waals surface area contributed by atoms with Gasteiger partial charge in [0.2, 0.25) is 5.78 Å². The van der Waals surface area contributed by atoms with E-state index in [0.717, 1.165) is 24.2 Å². The molecular weight excluding hydrogens is 398 g/mol. The smallest absolute Gasteiger partial charge is 0.281 e. The van der Waals surface area contributed by atoms with Crippen LogP contribution in [-0.4, -0.2) is 16.9 Å². The van der Waals surface area contributed by atoms with Gasteiger partial charge in [0, 0.05) is 12.3 Å². The number of hydrogen-bond donors (Lipinski definition) is 3. The zero-order valence-corrected chi connectivity index (χ0v) is 16.2. The third-order valence-electron chi connectivity index (χ3n) is 4.09. The van der Waals surface area contributed by atoms with Crippen LogP contribution in [-0.2, 0) is 0 Å². The highest BCUT2D eigenvalue weighted by Crippen LogP contribution is 2.23. The number of hydrogen-bond acceptors (Lipinski definition) is 8. The van der Waals surface area contributed by atoms with Crippen LogP contribution in [0.25, 0.3) is 5.76 Å². The number of benzene rings is 3. The molecule has 0 saturated carbocycles. The van der Waals surface area contributed by atoms with Gasteiger partial charge in [0.05, 0.1) is 22.5 Å². The number of nitrogens with one attached hydrogen (secondary N) is 3. The minimum absolute atomic E-state index is 0.0601. The number of ketones is 1. The SMILES string of the molecule is O=C(C=NNc1ccccc1)c1ccc(C([O-])=CNNc2ccccc2)cc1[N+](=O)[O-]. The number of hydrazone groups is 1. The summed E-state index contributed by atoms with van der Waals surface area (Å²) in [5.74, 6) is -1.16. The van der Waals surface area contributed by atoms with Crippen LogP contribution in [0.3, 0.4) is 0 Å². The van der Waals surface area contributed by atoms with Crippen LogP contribution in [0, 0.1) is 10.1 Å². The maximum Gasteiger partial charge on any atom is 0.281 e. The Morgan fingerprint density at radius 1 is 0.935 bits per heavy atom. The Kier molecular flexibility index (Phi) is 6.94. The van der Waals surface area contributed by atoms with E-state index in [1.807, 2.05) is 24.3 Å². The average molecular weight is 416 g/mol. The van der Waals surface area contributed by atoms with Gasteiger partial charge in [-0.2, -0.15) is 5.10 Å². The van der Waals surface area contributed by atoms with Crippen molar-refractivity contribution in [3.8, 4) is 0 Å². The van der Waals surface area contributed by atoms with Crippen LogP contribution >= 0.6 is 0 Å². The lowest BCUT2D eigenvalue weighted by atomic mass is 10.0. The highest BCUT2D eigenvalue weighted by Gasteiger charge is 2.19. The lowest BCUT2D eigenvalue weighted by Crippen LogP contribution is -2.18. The predicted octanol–water partition coefficient (Wildman–Crippen LogP) is 3.15. The molecule has 0 radical (unpaired) electrons. The molecule has 0 spiro atoms. The molecule has 3 rings (SSSR count). The third-order valence-corrected chi connectivity index (χ3v) is 4.09. The molecule has 0 aliphatic rings. The third kappa shape index (κ3) is 5.91. The number of para-hydroxylation sites is 2. The number of Topliss-reactive ketones (excluding diaryl/α,β-unsaturated/α-hetero) is 1. The van der Waals surface area contributed by atoms with Gasteiger partial charge < -0.3 is 16.0 Å². The summed E-state index contributed by atoms with van der Waals surface area (Å²) in [5, 5.41) is 27.6. The van der Waals surface area contributed by atoms with Gasteiger partial charge in [-0.05, 0) is 35.9 Å². The summed E-state index contributed by atoms with van der Waals surface area (Å²) in [6, 6.07) is 21.7. The molecule has 0 aliphatic carbocycles. The van der Waals surface area contributed by atoms with Gasteiger partial charge in [-0.15, -0.1) is 0 Å². The van der Waals surface area contributed by atoms with E-state index in [4.69, 9.17) is 0 Å². The first-order valence-electron chi connectivity index (χ1n) is 9.15. The summed E-state index contributed by atoms with van der Waals surface area (Å²) in [5.41, 5.74) is 8.92. The molecule has 3 aromatic rings. The zero-order valence-electron chi connectivity index (χ0n) is 16.2. The van der Waals surface area contributed by atoms with Gasteiger partial charge in [-0.3, -0.25) is 20.3 Å². The quantitative estimate of drug-likeness (QED) is 0.160. The molecule has 3 N–H and O–H groups in total. The van der Waals surface area contributed by atoms with Crippen molar-refractivity contribution in [2.24, 2.45) is 5.10 Å². The maximum absolute atomic E-state index is 12.4. The predicted molar refractivity (Wildman–Crippen MR) is 117 cm³/mol. The van der Waals surface area contributed by atoms with Crippen LogP contribution in [0.5, 0.6) is 0 Å². The first-order valence-corrected chi connectivity index (χ1v) is 9.15. The van der Waals surface area contributed by atoms with Gasteiger partial charge in [-0.1, -0.05) is 48.2 Å². The molecule has 0 heterocycles. The number of carbonyl (C=O) groups excluding carboxylic acids is 1. The Balaban J connectivity index is 1.71. The Morgan fingerprint density at radius 2 is 1.58 bits per heavy atom. The van der Waals surface area contributed by atoms with Gasteiger partial charge in [0.25, 0.3) is 5.69 Å². The molecule has 3 aromatic carbocycles. The maximum atomic E-state index is 12.4. The zero-order chi connectivity index (χ0) is 22.1. The molecule has 156 valence electrons. The van der Waals surface area contributed by atoms with E-state index >= 15 is 0 Å². The lowest BCUT2D eigenvalue weighted by molar-refractivity contribution is -0.385. The molecule has 0 atom stereocenters. The minimum atomic E-state index is -0.710. The highest BCUT2D eigenvalue weighted by molar-refractivity contribution is 6.36. The van der Waals surface area contributed by atoms with Crippen molar-refractivity contribution in [2.45, 2.75) is 0 Å². The Morgan fingerprint density at radius 3 is 2.23 bits per heavy atom. The summed E-state index contributed by atoms with van der Waals surface area (Å²) in [6.07, 6.45) is 2.09. The summed E-state index contributed by atoms with van der Waals surface area (Å²) < 4.78 is 0. The molecule has 0 bridgehead atoms. The van der Waals surface area contributed by atoms with Gasteiger partial charge in [-0.25, -0.2) is 0 Å². The largest absolute Gasteiger partial charge is 0.871 e. The van der Waals surface area contributed by atoms with Crippen molar-refractivity contribution in [1.82, 2.24) is 5.43 Å². The van der Waals surface area contributed by atoms with E-state index in [0.29, 0.717) is 5.69 Å². The Hall–Kier alpha value is -4.66. The topological polar surface area (TPSA) is 132 Å². The number of rotatable bonds is 9. The lowest BCUT2D eigenvalue weighted by Gasteiger charge is -2.14. The van der Waals surface area contributed by atoms with E-state index in [-0.39, 0.29) is 11.1 Å². The van der Waals surface area contributed by atoms with E-state index in [1.54, 1.807) is 36.4 Å². The molecule has 0 unspecified atom stereocenters. The molecule has 9 nitrogen and oxygen atoms in total. The summed E-state index contributed by atoms with van der Waals surface area (Å²) >= 11 is 0. The number of carbonyl (C=O) groups is 1. The monoisotopic (exact) mass is 416 g/mol. The summed E-state index contributed by atoms with van der Waals surface area (Å²) in [7, 11) is 0. The summed E-state index contributed by atoms with van der Waals surface area (Å²) in [4.78, 5) is 23.1. The van der Waals surface area contributed by atoms with Gasteiger partial charge >= 0.3 is 0 Å². The van der Waals surface area contributed by atoms with E-state index < -0.39 is 22.2 Å². The molecule has 9 heteroatoms. The van der Waals surface area contributed by atoms with Crippen molar-refractivity contribution in [3.05, 3.63) is 106 Å². The summed E-state index contributed by atoms with van der Waals surface area (Å²) in [6.45, 7) is 0. The first kappa shape index (κ1) is 21.1. The standard InChI is InChI=1S/C22H19N5O4/c28-21(14-23-25-17-7-3-1-4-8-17)16-11-12-19(20(13-16)27(30)31)22(29)15-24-26-18-9-5-2-6-10-18/h1-15,23,25-26,28H/p-1. The molecule has 0 amide bonds. The second-order valence-corrected chi connectivity index (χ2v) is 6.23. The van der Waals surface area contributed by atoms with Crippen molar-refractivity contribution < 1.29 is 14.8 Å². The Bertz CT molecular complexity index is 1120. The van der Waals surface area contributed by atoms with Crippen LogP contribution in [0.15, 0.2) is 90.2 Å². The number of hydrazine groups is 1. The number of nitrogens with zero attached hydrogens (tertiary/aromatic N) is 2. The van der Waals surface area contributed by atoms with Gasteiger partial charge in [0.1, 0.15) is 5.56 Å². The number of nitro groups is 1. The molecular formula is C22H18N5O4-. The second kappa shape index (κ2) is 10.2. The fourth-order valence-corrected chi connectivity index (χ4v) is 2.58. The van der Waals surface area contributed by atoms with Crippen molar-refractivity contribution >= 4 is 34.8 Å². The fourth-order valence-electron chi connectivity index (χ4n) is 2.58. The average Bonchev–Trinajstić information content (AvgIpc) is 2.80. The van der Waals surface area contributed by atoms with Gasteiger partial charge in [0.15, 0.2) is 0 Å². The van der Waals surface area contributed by atoms with E-state index in [2.05, 4.69) is 21.4 Å². The highest BCUT2D eigenvalue weighted by atomic mass is 16.6. The van der Waals surface area contributed by atoms with Crippen molar-refractivity contribution in [2.75, 3.05) is 10.9 Å². The van der Waals surface area contributed by atoms with Crippen molar-refractivity contribution in [1.29, 1.82) is 0 Å². The fraction of sp³-hybridized carbons (Fsp3) is 0. The first-order chi connectivity index (χ1) is 15.0. The number of nitro benzene ring substituents is 1. The van der Waals surface area contributed by atoms with E-state index in [1.165, 1.54) is 12.1 Å².